The zero-order valence-electron chi connectivity index (χ0n) is 7.75. The summed E-state index contributed by atoms with van der Waals surface area (Å²) in [5.41, 5.74) is 0. The Bertz CT molecular complexity index is 172. The van der Waals surface area contributed by atoms with Gasteiger partial charge in [0.2, 0.25) is 0 Å². The number of aromatic hydroxyl groups is 1. The Balaban J connectivity index is 0.000000217. The fraction of sp³-hybridized carbons (Fsp3) is 0.400. The second-order valence-electron chi connectivity index (χ2n) is 2.29. The minimum Gasteiger partial charge on any atom is -0.508 e. The highest BCUT2D eigenvalue weighted by Gasteiger charge is 1.74. The number of benzene rings is 1. The second-order valence-corrected chi connectivity index (χ2v) is 2.29. The maximum atomic E-state index is 8.63. The number of rotatable bonds is 2. The van der Waals surface area contributed by atoms with E-state index in [0.717, 1.165) is 13.1 Å². The molecule has 0 spiro atoms. The highest BCUT2D eigenvalue weighted by molar-refractivity contribution is 5.18. The van der Waals surface area contributed by atoms with Crippen molar-refractivity contribution in [3.05, 3.63) is 30.3 Å². The van der Waals surface area contributed by atoms with Crippen LogP contribution in [0.1, 0.15) is 13.8 Å². The Labute approximate surface area is 74.2 Å². The molecule has 0 aromatic heterocycles. The van der Waals surface area contributed by atoms with Crippen molar-refractivity contribution >= 4 is 0 Å². The normalized spacial score (nSPS) is 8.50. The van der Waals surface area contributed by atoms with E-state index in [9.17, 15) is 0 Å². The molecule has 0 saturated carbocycles. The first-order valence-electron chi connectivity index (χ1n) is 4.26. The van der Waals surface area contributed by atoms with Crippen molar-refractivity contribution in [1.29, 1.82) is 0 Å². The lowest BCUT2D eigenvalue weighted by atomic mass is 10.3. The first-order valence-corrected chi connectivity index (χ1v) is 4.26. The molecular weight excluding hydrogens is 150 g/mol. The zero-order valence-corrected chi connectivity index (χ0v) is 7.75. The van der Waals surface area contributed by atoms with Crippen molar-refractivity contribution in [2.45, 2.75) is 13.8 Å². The Morgan fingerprint density at radius 3 is 1.75 bits per heavy atom. The summed E-state index contributed by atoms with van der Waals surface area (Å²) < 4.78 is 0. The molecule has 0 aliphatic carbocycles. The Hall–Kier alpha value is -1.02. The molecule has 12 heavy (non-hydrogen) atoms. The SMILES string of the molecule is CCNCC.Oc1ccccc1. The topological polar surface area (TPSA) is 32.3 Å². The van der Waals surface area contributed by atoms with E-state index in [2.05, 4.69) is 19.2 Å². The highest BCUT2D eigenvalue weighted by atomic mass is 16.3. The molecule has 68 valence electrons. The number of hydrogen-bond donors (Lipinski definition) is 2. The molecule has 0 fully saturated rings. The molecule has 0 aliphatic rings. The van der Waals surface area contributed by atoms with E-state index in [1.165, 1.54) is 0 Å². The van der Waals surface area contributed by atoms with Crippen molar-refractivity contribution in [1.82, 2.24) is 5.32 Å². The van der Waals surface area contributed by atoms with E-state index in [-0.39, 0.29) is 0 Å². The Morgan fingerprint density at radius 2 is 1.58 bits per heavy atom. The van der Waals surface area contributed by atoms with E-state index in [1.54, 1.807) is 24.3 Å². The largest absolute Gasteiger partial charge is 0.508 e. The summed E-state index contributed by atoms with van der Waals surface area (Å²) in [4.78, 5) is 0. The molecular formula is C10H17NO. The third kappa shape index (κ3) is 7.09. The van der Waals surface area contributed by atoms with Crippen LogP contribution in [0.15, 0.2) is 30.3 Å². The molecule has 0 saturated heterocycles. The van der Waals surface area contributed by atoms with Gasteiger partial charge in [-0.05, 0) is 25.2 Å². The summed E-state index contributed by atoms with van der Waals surface area (Å²) in [7, 11) is 0. The number of nitrogens with one attached hydrogen (secondary N) is 1. The minimum atomic E-state index is 0.322. The molecule has 1 aromatic rings. The van der Waals surface area contributed by atoms with E-state index < -0.39 is 0 Å². The van der Waals surface area contributed by atoms with Gasteiger partial charge in [-0.2, -0.15) is 0 Å². The molecule has 1 rings (SSSR count). The van der Waals surface area contributed by atoms with E-state index in [0.29, 0.717) is 5.75 Å². The zero-order chi connectivity index (χ0) is 9.23. The first-order chi connectivity index (χ1) is 5.81. The van der Waals surface area contributed by atoms with Crippen LogP contribution in [0, 0.1) is 0 Å². The second kappa shape index (κ2) is 8.08. The van der Waals surface area contributed by atoms with Gasteiger partial charge in [0.05, 0.1) is 0 Å². The van der Waals surface area contributed by atoms with Crippen LogP contribution in [0.3, 0.4) is 0 Å². The van der Waals surface area contributed by atoms with Crippen molar-refractivity contribution < 1.29 is 5.11 Å². The maximum absolute atomic E-state index is 8.63. The van der Waals surface area contributed by atoms with Crippen LogP contribution >= 0.6 is 0 Å². The molecule has 1 aromatic carbocycles. The maximum Gasteiger partial charge on any atom is 0.115 e. The monoisotopic (exact) mass is 167 g/mol. The average Bonchev–Trinajstić information content (AvgIpc) is 2.08. The smallest absolute Gasteiger partial charge is 0.115 e. The van der Waals surface area contributed by atoms with E-state index in [4.69, 9.17) is 5.11 Å². The van der Waals surface area contributed by atoms with Gasteiger partial charge in [0.25, 0.3) is 0 Å². The van der Waals surface area contributed by atoms with Crippen LogP contribution in [-0.4, -0.2) is 18.2 Å². The summed E-state index contributed by atoms with van der Waals surface area (Å²) in [6, 6.07) is 8.71. The van der Waals surface area contributed by atoms with Crippen LogP contribution < -0.4 is 5.32 Å². The van der Waals surface area contributed by atoms with Crippen LogP contribution in [-0.2, 0) is 0 Å². The molecule has 0 heterocycles. The minimum absolute atomic E-state index is 0.322. The number of phenols is 1. The molecule has 0 aliphatic heterocycles. The van der Waals surface area contributed by atoms with Crippen LogP contribution in [0.4, 0.5) is 0 Å². The molecule has 0 atom stereocenters. The van der Waals surface area contributed by atoms with Gasteiger partial charge in [0.1, 0.15) is 5.75 Å². The van der Waals surface area contributed by atoms with Crippen molar-refractivity contribution in [2.75, 3.05) is 13.1 Å². The number of para-hydroxylation sites is 1. The summed E-state index contributed by atoms with van der Waals surface area (Å²) in [6.07, 6.45) is 0. The molecule has 2 nitrogen and oxygen atoms in total. The van der Waals surface area contributed by atoms with Crippen molar-refractivity contribution in [2.24, 2.45) is 0 Å². The predicted molar refractivity (Wildman–Crippen MR) is 52.3 cm³/mol. The van der Waals surface area contributed by atoms with Crippen molar-refractivity contribution in [3.63, 3.8) is 0 Å². The van der Waals surface area contributed by atoms with Crippen LogP contribution in [0.2, 0.25) is 0 Å². The summed E-state index contributed by atoms with van der Waals surface area (Å²) in [6.45, 7) is 6.39. The highest BCUT2D eigenvalue weighted by Crippen LogP contribution is 2.02. The van der Waals surface area contributed by atoms with Gasteiger partial charge >= 0.3 is 0 Å². The van der Waals surface area contributed by atoms with Crippen LogP contribution in [0.25, 0.3) is 0 Å². The Morgan fingerprint density at radius 1 is 1.08 bits per heavy atom. The summed E-state index contributed by atoms with van der Waals surface area (Å²) in [5.74, 6) is 0.322. The summed E-state index contributed by atoms with van der Waals surface area (Å²) >= 11 is 0. The fourth-order valence-electron chi connectivity index (χ4n) is 0.678. The Kier molecular flexibility index (Phi) is 7.39. The van der Waals surface area contributed by atoms with Crippen LogP contribution in [0.5, 0.6) is 5.75 Å². The lowest BCUT2D eigenvalue weighted by Gasteiger charge is -1.86. The lowest BCUT2D eigenvalue weighted by molar-refractivity contribution is 0.475. The first kappa shape index (κ1) is 11.0. The quantitative estimate of drug-likeness (QED) is 0.706. The van der Waals surface area contributed by atoms with Gasteiger partial charge in [-0.1, -0.05) is 32.0 Å². The van der Waals surface area contributed by atoms with Gasteiger partial charge in [0.15, 0.2) is 0 Å². The molecule has 2 heteroatoms. The van der Waals surface area contributed by atoms with Gasteiger partial charge in [-0.25, -0.2) is 0 Å². The van der Waals surface area contributed by atoms with E-state index in [1.807, 2.05) is 6.07 Å². The number of phenolic OH excluding ortho intramolecular Hbond substituents is 1. The van der Waals surface area contributed by atoms with Gasteiger partial charge in [0, 0.05) is 0 Å². The third-order valence-corrected chi connectivity index (χ3v) is 1.26. The standard InChI is InChI=1S/C6H6O.C4H11N/c7-6-4-2-1-3-5-6;1-3-5-4-2/h1-5,7H;5H,3-4H2,1-2H3. The average molecular weight is 167 g/mol. The lowest BCUT2D eigenvalue weighted by Crippen LogP contribution is -2.09. The molecule has 0 unspecified atom stereocenters. The predicted octanol–water partition coefficient (Wildman–Crippen LogP) is 2.01. The van der Waals surface area contributed by atoms with E-state index >= 15 is 0 Å². The molecule has 0 radical (unpaired) electrons. The van der Waals surface area contributed by atoms with Crippen molar-refractivity contribution in [3.8, 4) is 5.75 Å². The summed E-state index contributed by atoms with van der Waals surface area (Å²) in [5, 5.41) is 11.7. The molecule has 2 N–H and O–H groups in total. The number of hydrogen-bond acceptors (Lipinski definition) is 2. The van der Waals surface area contributed by atoms with Gasteiger partial charge < -0.3 is 10.4 Å². The van der Waals surface area contributed by atoms with Gasteiger partial charge in [-0.3, -0.25) is 0 Å². The fourth-order valence-corrected chi connectivity index (χ4v) is 0.678. The molecule has 0 bridgehead atoms. The third-order valence-electron chi connectivity index (χ3n) is 1.26. The molecule has 0 amide bonds. The van der Waals surface area contributed by atoms with Gasteiger partial charge in [-0.15, -0.1) is 0 Å².